The zero-order valence-corrected chi connectivity index (χ0v) is 9.97. The van der Waals surface area contributed by atoms with Crippen molar-refractivity contribution in [1.82, 2.24) is 0 Å². The Kier molecular flexibility index (Phi) is 4.35. The first kappa shape index (κ1) is 12.6. The standard InChI is InChI=1S/C12H17N3O/c1-12(2,16-3)8-10-6-4-5-7-11(10)9-14-15-13/h4-7H,8-9H2,1-3H3. The third-order valence-electron chi connectivity index (χ3n) is 2.59. The Hall–Kier alpha value is -1.51. The van der Waals surface area contributed by atoms with Crippen LogP contribution in [0.1, 0.15) is 25.0 Å². The second kappa shape index (κ2) is 5.54. The molecule has 0 heterocycles. The van der Waals surface area contributed by atoms with E-state index < -0.39 is 0 Å². The first-order valence-corrected chi connectivity index (χ1v) is 5.22. The van der Waals surface area contributed by atoms with E-state index in [0.717, 1.165) is 12.0 Å². The molecule has 0 bridgehead atoms. The lowest BCUT2D eigenvalue weighted by Crippen LogP contribution is -2.26. The molecule has 0 saturated carbocycles. The van der Waals surface area contributed by atoms with Gasteiger partial charge in [0.05, 0.1) is 12.1 Å². The molecule has 1 aromatic carbocycles. The van der Waals surface area contributed by atoms with Crippen LogP contribution in [0, 0.1) is 0 Å². The third kappa shape index (κ3) is 3.57. The molecule has 4 nitrogen and oxygen atoms in total. The number of hydrogen-bond acceptors (Lipinski definition) is 2. The molecule has 1 aromatic rings. The van der Waals surface area contributed by atoms with Crippen LogP contribution in [0.4, 0.5) is 0 Å². The van der Waals surface area contributed by atoms with Gasteiger partial charge < -0.3 is 4.74 Å². The molecule has 0 saturated heterocycles. The monoisotopic (exact) mass is 219 g/mol. The van der Waals surface area contributed by atoms with Crippen molar-refractivity contribution < 1.29 is 4.74 Å². The number of rotatable bonds is 5. The topological polar surface area (TPSA) is 58.0 Å². The number of hydrogen-bond donors (Lipinski definition) is 0. The third-order valence-corrected chi connectivity index (χ3v) is 2.59. The molecule has 0 aromatic heterocycles. The molecule has 16 heavy (non-hydrogen) atoms. The molecular weight excluding hydrogens is 202 g/mol. The largest absolute Gasteiger partial charge is 0.378 e. The molecule has 0 spiro atoms. The Balaban J connectivity index is 2.90. The summed E-state index contributed by atoms with van der Waals surface area (Å²) in [5.74, 6) is 0. The molecule has 0 N–H and O–H groups in total. The Labute approximate surface area is 95.9 Å². The maximum Gasteiger partial charge on any atom is 0.0663 e. The smallest absolute Gasteiger partial charge is 0.0663 e. The predicted molar refractivity (Wildman–Crippen MR) is 64.1 cm³/mol. The summed E-state index contributed by atoms with van der Waals surface area (Å²) in [7, 11) is 1.70. The molecule has 0 fully saturated rings. The second-order valence-electron chi connectivity index (χ2n) is 4.30. The lowest BCUT2D eigenvalue weighted by Gasteiger charge is -2.24. The highest BCUT2D eigenvalue weighted by atomic mass is 16.5. The quantitative estimate of drug-likeness (QED) is 0.425. The maximum absolute atomic E-state index is 8.33. The fourth-order valence-corrected chi connectivity index (χ4v) is 1.52. The highest BCUT2D eigenvalue weighted by molar-refractivity contribution is 5.28. The van der Waals surface area contributed by atoms with Crippen LogP contribution in [0.3, 0.4) is 0 Å². The molecule has 1 rings (SSSR count). The van der Waals surface area contributed by atoms with Gasteiger partial charge in [-0.25, -0.2) is 0 Å². The van der Waals surface area contributed by atoms with Crippen molar-refractivity contribution >= 4 is 0 Å². The van der Waals surface area contributed by atoms with Crippen molar-refractivity contribution in [3.8, 4) is 0 Å². The molecule has 0 radical (unpaired) electrons. The highest BCUT2D eigenvalue weighted by Crippen LogP contribution is 2.19. The minimum Gasteiger partial charge on any atom is -0.378 e. The van der Waals surface area contributed by atoms with E-state index in [4.69, 9.17) is 10.3 Å². The Bertz CT molecular complexity index is 395. The van der Waals surface area contributed by atoms with Gasteiger partial charge in [-0.05, 0) is 30.5 Å². The van der Waals surface area contributed by atoms with E-state index in [1.807, 2.05) is 38.1 Å². The number of benzene rings is 1. The van der Waals surface area contributed by atoms with Crippen LogP contribution in [-0.4, -0.2) is 12.7 Å². The summed E-state index contributed by atoms with van der Waals surface area (Å²) in [4.78, 5) is 2.78. The van der Waals surface area contributed by atoms with E-state index in [1.165, 1.54) is 5.56 Å². The summed E-state index contributed by atoms with van der Waals surface area (Å²) in [5, 5.41) is 3.60. The van der Waals surface area contributed by atoms with Crippen LogP contribution in [0.15, 0.2) is 29.4 Å². The van der Waals surface area contributed by atoms with Gasteiger partial charge in [-0.15, -0.1) is 0 Å². The van der Waals surface area contributed by atoms with E-state index in [9.17, 15) is 0 Å². The van der Waals surface area contributed by atoms with Gasteiger partial charge in [0.15, 0.2) is 0 Å². The maximum atomic E-state index is 8.33. The Morgan fingerprint density at radius 2 is 1.94 bits per heavy atom. The molecule has 0 amide bonds. The summed E-state index contributed by atoms with van der Waals surface area (Å²) in [6.45, 7) is 4.47. The van der Waals surface area contributed by atoms with Gasteiger partial charge >= 0.3 is 0 Å². The van der Waals surface area contributed by atoms with E-state index in [1.54, 1.807) is 7.11 Å². The molecule has 4 heteroatoms. The molecular formula is C12H17N3O. The number of azide groups is 1. The molecule has 86 valence electrons. The van der Waals surface area contributed by atoms with E-state index in [-0.39, 0.29) is 5.60 Å². The zero-order valence-electron chi connectivity index (χ0n) is 9.97. The van der Waals surface area contributed by atoms with Gasteiger partial charge in [0.1, 0.15) is 0 Å². The minimum absolute atomic E-state index is 0.202. The van der Waals surface area contributed by atoms with Crippen molar-refractivity contribution in [2.75, 3.05) is 7.11 Å². The van der Waals surface area contributed by atoms with Crippen molar-refractivity contribution in [2.24, 2.45) is 5.11 Å². The van der Waals surface area contributed by atoms with Gasteiger partial charge in [0.25, 0.3) is 0 Å². The van der Waals surface area contributed by atoms with Gasteiger partial charge in [0.2, 0.25) is 0 Å². The first-order chi connectivity index (χ1) is 7.59. The summed E-state index contributed by atoms with van der Waals surface area (Å²) >= 11 is 0. The van der Waals surface area contributed by atoms with Crippen LogP contribution >= 0.6 is 0 Å². The molecule has 0 aliphatic carbocycles. The second-order valence-corrected chi connectivity index (χ2v) is 4.30. The molecule has 0 atom stereocenters. The molecule has 0 unspecified atom stereocenters. The van der Waals surface area contributed by atoms with Gasteiger partial charge in [-0.2, -0.15) is 0 Å². The minimum atomic E-state index is -0.202. The average molecular weight is 219 g/mol. The van der Waals surface area contributed by atoms with Gasteiger partial charge in [-0.3, -0.25) is 0 Å². The average Bonchev–Trinajstić information content (AvgIpc) is 2.27. The summed E-state index contributed by atoms with van der Waals surface area (Å²) < 4.78 is 5.40. The van der Waals surface area contributed by atoms with Crippen molar-refractivity contribution in [1.29, 1.82) is 0 Å². The lowest BCUT2D eigenvalue weighted by atomic mass is 9.94. The Morgan fingerprint density at radius 1 is 1.31 bits per heavy atom. The molecule has 0 aliphatic rings. The highest BCUT2D eigenvalue weighted by Gasteiger charge is 2.18. The molecule has 0 aliphatic heterocycles. The van der Waals surface area contributed by atoms with Crippen LogP contribution in [0.2, 0.25) is 0 Å². The van der Waals surface area contributed by atoms with Crippen LogP contribution < -0.4 is 0 Å². The summed E-state index contributed by atoms with van der Waals surface area (Å²) in [5.41, 5.74) is 10.4. The normalized spacial score (nSPS) is 10.9. The van der Waals surface area contributed by atoms with Crippen LogP contribution in [0.25, 0.3) is 10.4 Å². The number of ether oxygens (including phenoxy) is 1. The van der Waals surface area contributed by atoms with Gasteiger partial charge in [-0.1, -0.05) is 29.4 Å². The van der Waals surface area contributed by atoms with E-state index in [0.29, 0.717) is 6.54 Å². The fraction of sp³-hybridized carbons (Fsp3) is 0.500. The first-order valence-electron chi connectivity index (χ1n) is 5.22. The summed E-state index contributed by atoms with van der Waals surface area (Å²) in [6, 6.07) is 7.96. The van der Waals surface area contributed by atoms with Crippen molar-refractivity contribution in [3.63, 3.8) is 0 Å². The van der Waals surface area contributed by atoms with E-state index >= 15 is 0 Å². The van der Waals surface area contributed by atoms with Crippen LogP contribution in [0.5, 0.6) is 0 Å². The summed E-state index contributed by atoms with van der Waals surface area (Å²) in [6.07, 6.45) is 0.806. The van der Waals surface area contributed by atoms with Crippen molar-refractivity contribution in [2.45, 2.75) is 32.4 Å². The van der Waals surface area contributed by atoms with Gasteiger partial charge in [0, 0.05) is 18.4 Å². The lowest BCUT2D eigenvalue weighted by molar-refractivity contribution is 0.0230. The zero-order chi connectivity index (χ0) is 12.0. The SMILES string of the molecule is COC(C)(C)Cc1ccccc1CN=[N+]=[N-]. The fourth-order valence-electron chi connectivity index (χ4n) is 1.52. The van der Waals surface area contributed by atoms with Crippen LogP contribution in [-0.2, 0) is 17.7 Å². The van der Waals surface area contributed by atoms with Crippen molar-refractivity contribution in [3.05, 3.63) is 45.8 Å². The number of nitrogens with zero attached hydrogens (tertiary/aromatic N) is 3. The van der Waals surface area contributed by atoms with E-state index in [2.05, 4.69) is 10.0 Å². The predicted octanol–water partition coefficient (Wildman–Crippen LogP) is 3.46. The number of methoxy groups -OCH3 is 1. The Morgan fingerprint density at radius 3 is 2.50 bits per heavy atom.